The molecular weight excluding hydrogens is 172 g/mol. The van der Waals surface area contributed by atoms with E-state index in [4.69, 9.17) is 0 Å². The summed E-state index contributed by atoms with van der Waals surface area (Å²) in [5.41, 5.74) is 1.17. The Kier molecular flexibility index (Phi) is 1.93. The molecule has 2 fully saturated rings. The van der Waals surface area contributed by atoms with Gasteiger partial charge in [-0.3, -0.25) is 4.79 Å². The zero-order chi connectivity index (χ0) is 10.4. The van der Waals surface area contributed by atoms with Gasteiger partial charge in [0.05, 0.1) is 0 Å². The number of fused-ring (bicyclic) bond motifs is 1. The van der Waals surface area contributed by atoms with Crippen molar-refractivity contribution >= 4 is 6.29 Å². The van der Waals surface area contributed by atoms with Crippen LogP contribution in [-0.2, 0) is 4.79 Å². The summed E-state index contributed by atoms with van der Waals surface area (Å²) in [4.78, 5) is 10.4. The van der Waals surface area contributed by atoms with Crippen molar-refractivity contribution in [2.45, 2.75) is 46.5 Å². The van der Waals surface area contributed by atoms with Crippen molar-refractivity contribution in [3.05, 3.63) is 12.2 Å². The molecular formula is C13H20O. The maximum absolute atomic E-state index is 10.4. The van der Waals surface area contributed by atoms with E-state index >= 15 is 0 Å². The topological polar surface area (TPSA) is 17.1 Å². The third-order valence-electron chi connectivity index (χ3n) is 4.82. The van der Waals surface area contributed by atoms with E-state index in [-0.39, 0.29) is 0 Å². The largest absolute Gasteiger partial charge is 0.299 e. The average Bonchev–Trinajstić information content (AvgIpc) is 2.70. The van der Waals surface area contributed by atoms with Crippen LogP contribution in [0.3, 0.4) is 0 Å². The van der Waals surface area contributed by atoms with Crippen molar-refractivity contribution < 1.29 is 4.79 Å². The van der Waals surface area contributed by atoms with E-state index in [9.17, 15) is 4.79 Å². The third-order valence-corrected chi connectivity index (χ3v) is 4.82. The standard InChI is InChI=1S/C13H20O/c1-11(2)6-4-7-12(3)10-13(11,12)8-5-9-14/h5,8-9H,4,6-7,10H2,1-3H3. The van der Waals surface area contributed by atoms with Gasteiger partial charge >= 0.3 is 0 Å². The van der Waals surface area contributed by atoms with Crippen LogP contribution in [0.5, 0.6) is 0 Å². The lowest BCUT2D eigenvalue weighted by Crippen LogP contribution is -2.32. The average molecular weight is 192 g/mol. The number of aldehydes is 1. The minimum absolute atomic E-state index is 0.319. The first kappa shape index (κ1) is 9.95. The fourth-order valence-corrected chi connectivity index (χ4v) is 3.77. The van der Waals surface area contributed by atoms with Crippen molar-refractivity contribution in [3.63, 3.8) is 0 Å². The highest BCUT2D eigenvalue weighted by atomic mass is 16.1. The molecule has 0 amide bonds. The number of rotatable bonds is 2. The molecule has 78 valence electrons. The molecule has 2 aliphatic carbocycles. The first-order valence-corrected chi connectivity index (χ1v) is 5.61. The van der Waals surface area contributed by atoms with Gasteiger partial charge in [0.1, 0.15) is 6.29 Å². The number of carbonyl (C=O) groups is 1. The van der Waals surface area contributed by atoms with E-state index in [1.807, 2.05) is 0 Å². The molecule has 0 aromatic carbocycles. The highest BCUT2D eigenvalue weighted by Crippen LogP contribution is 2.78. The zero-order valence-corrected chi connectivity index (χ0v) is 9.47. The lowest BCUT2D eigenvalue weighted by atomic mass is 9.63. The first-order valence-electron chi connectivity index (χ1n) is 5.61. The molecule has 0 aliphatic heterocycles. The summed E-state index contributed by atoms with van der Waals surface area (Å²) >= 11 is 0. The van der Waals surface area contributed by atoms with Crippen LogP contribution >= 0.6 is 0 Å². The summed E-state index contributed by atoms with van der Waals surface area (Å²) < 4.78 is 0. The Morgan fingerprint density at radius 2 is 1.86 bits per heavy atom. The van der Waals surface area contributed by atoms with E-state index in [1.54, 1.807) is 6.08 Å². The quantitative estimate of drug-likeness (QED) is 0.484. The van der Waals surface area contributed by atoms with Crippen LogP contribution in [0, 0.1) is 16.2 Å². The first-order chi connectivity index (χ1) is 6.47. The molecule has 0 N–H and O–H groups in total. The van der Waals surface area contributed by atoms with Gasteiger partial charge in [0.15, 0.2) is 0 Å². The maximum atomic E-state index is 10.4. The number of allylic oxidation sites excluding steroid dienone is 2. The highest BCUT2D eigenvalue weighted by Gasteiger charge is 2.69. The second kappa shape index (κ2) is 2.71. The molecule has 0 aromatic rings. The van der Waals surface area contributed by atoms with Gasteiger partial charge in [-0.15, -0.1) is 0 Å². The molecule has 0 saturated heterocycles. The molecule has 2 rings (SSSR count). The van der Waals surface area contributed by atoms with Crippen molar-refractivity contribution in [3.8, 4) is 0 Å². The van der Waals surface area contributed by atoms with Crippen LogP contribution in [0.4, 0.5) is 0 Å². The second-order valence-electron chi connectivity index (χ2n) is 5.94. The molecule has 0 heterocycles. The Morgan fingerprint density at radius 1 is 1.14 bits per heavy atom. The molecule has 2 unspecified atom stereocenters. The maximum Gasteiger partial charge on any atom is 0.142 e. The highest BCUT2D eigenvalue weighted by molar-refractivity contribution is 5.65. The van der Waals surface area contributed by atoms with Crippen LogP contribution < -0.4 is 0 Å². The van der Waals surface area contributed by atoms with E-state index in [0.29, 0.717) is 16.2 Å². The van der Waals surface area contributed by atoms with Crippen LogP contribution in [0.25, 0.3) is 0 Å². The SMILES string of the molecule is CC1(C)CCCC2(C)CC12C=CC=O. The molecule has 0 bridgehead atoms. The van der Waals surface area contributed by atoms with Gasteiger partial charge in [0.25, 0.3) is 0 Å². The molecule has 0 radical (unpaired) electrons. The van der Waals surface area contributed by atoms with Crippen LogP contribution in [0.15, 0.2) is 12.2 Å². The molecule has 1 heteroatoms. The van der Waals surface area contributed by atoms with Gasteiger partial charge in [-0.2, -0.15) is 0 Å². The van der Waals surface area contributed by atoms with Crippen LogP contribution in [0.2, 0.25) is 0 Å². The zero-order valence-electron chi connectivity index (χ0n) is 9.47. The number of carbonyl (C=O) groups excluding carboxylic acids is 1. The second-order valence-corrected chi connectivity index (χ2v) is 5.94. The van der Waals surface area contributed by atoms with Gasteiger partial charge in [-0.1, -0.05) is 33.3 Å². The van der Waals surface area contributed by atoms with Gasteiger partial charge in [-0.05, 0) is 41.6 Å². The summed E-state index contributed by atoms with van der Waals surface area (Å²) in [5, 5.41) is 0. The van der Waals surface area contributed by atoms with Crippen LogP contribution in [-0.4, -0.2) is 6.29 Å². The molecule has 0 spiro atoms. The fraction of sp³-hybridized carbons (Fsp3) is 0.769. The summed E-state index contributed by atoms with van der Waals surface area (Å²) in [6, 6.07) is 0. The lowest BCUT2D eigenvalue weighted by molar-refractivity contribution is -0.104. The molecule has 2 aliphatic rings. The van der Waals surface area contributed by atoms with E-state index in [0.717, 1.165) is 6.29 Å². The van der Waals surface area contributed by atoms with Crippen molar-refractivity contribution in [1.29, 1.82) is 0 Å². The lowest BCUT2D eigenvalue weighted by Gasteiger charge is -2.41. The van der Waals surface area contributed by atoms with Gasteiger partial charge < -0.3 is 0 Å². The molecule has 2 atom stereocenters. The Labute approximate surface area is 86.6 Å². The Hall–Kier alpha value is -0.590. The van der Waals surface area contributed by atoms with E-state index in [1.165, 1.54) is 25.7 Å². The van der Waals surface area contributed by atoms with Crippen molar-refractivity contribution in [2.75, 3.05) is 0 Å². The minimum atomic E-state index is 0.319. The van der Waals surface area contributed by atoms with Gasteiger partial charge in [0, 0.05) is 0 Å². The molecule has 0 aromatic heterocycles. The molecule has 1 nitrogen and oxygen atoms in total. The Balaban J connectivity index is 2.32. The summed E-state index contributed by atoms with van der Waals surface area (Å²) in [5.74, 6) is 0. The third kappa shape index (κ3) is 1.04. The van der Waals surface area contributed by atoms with Crippen LogP contribution in [0.1, 0.15) is 46.5 Å². The predicted octanol–water partition coefficient (Wildman–Crippen LogP) is 3.35. The van der Waals surface area contributed by atoms with Gasteiger partial charge in [-0.25, -0.2) is 0 Å². The predicted molar refractivity (Wildman–Crippen MR) is 58.0 cm³/mol. The molecule has 14 heavy (non-hydrogen) atoms. The fourth-order valence-electron chi connectivity index (χ4n) is 3.77. The normalized spacial score (nSPS) is 44.8. The van der Waals surface area contributed by atoms with Crippen molar-refractivity contribution in [1.82, 2.24) is 0 Å². The van der Waals surface area contributed by atoms with E-state index < -0.39 is 0 Å². The van der Waals surface area contributed by atoms with Crippen molar-refractivity contribution in [2.24, 2.45) is 16.2 Å². The van der Waals surface area contributed by atoms with E-state index in [2.05, 4.69) is 26.8 Å². The smallest absolute Gasteiger partial charge is 0.142 e. The number of hydrogen-bond donors (Lipinski definition) is 0. The Bertz CT molecular complexity index is 290. The summed E-state index contributed by atoms with van der Waals surface area (Å²) in [6.45, 7) is 7.09. The Morgan fingerprint density at radius 3 is 2.43 bits per heavy atom. The number of hydrogen-bond acceptors (Lipinski definition) is 1. The molecule has 2 saturated carbocycles. The summed E-state index contributed by atoms with van der Waals surface area (Å²) in [6.07, 6.45) is 10.1. The minimum Gasteiger partial charge on any atom is -0.299 e. The monoisotopic (exact) mass is 192 g/mol. The van der Waals surface area contributed by atoms with Gasteiger partial charge in [0.2, 0.25) is 0 Å². The summed E-state index contributed by atoms with van der Waals surface area (Å²) in [7, 11) is 0.